The topological polar surface area (TPSA) is 50.2 Å². The van der Waals surface area contributed by atoms with Crippen molar-refractivity contribution in [3.05, 3.63) is 52.8 Å². The van der Waals surface area contributed by atoms with E-state index in [1.807, 2.05) is 25.1 Å². The molecular formula is C13H10ClNO2. The Kier molecular flexibility index (Phi) is 3.11. The van der Waals surface area contributed by atoms with Crippen LogP contribution in [0.15, 0.2) is 36.7 Å². The Morgan fingerprint density at radius 2 is 2.06 bits per heavy atom. The van der Waals surface area contributed by atoms with E-state index >= 15 is 0 Å². The van der Waals surface area contributed by atoms with Crippen LogP contribution in [0.25, 0.3) is 11.1 Å². The summed E-state index contributed by atoms with van der Waals surface area (Å²) in [6.45, 7) is 1.93. The summed E-state index contributed by atoms with van der Waals surface area (Å²) < 4.78 is 0. The number of rotatable bonds is 2. The number of nitrogens with zero attached hydrogens (tertiary/aromatic N) is 1. The van der Waals surface area contributed by atoms with Crippen LogP contribution in [0.4, 0.5) is 0 Å². The second-order valence-electron chi connectivity index (χ2n) is 3.71. The van der Waals surface area contributed by atoms with E-state index in [4.69, 9.17) is 16.7 Å². The molecular weight excluding hydrogens is 238 g/mol. The number of halogens is 1. The van der Waals surface area contributed by atoms with Gasteiger partial charge in [-0.05, 0) is 24.6 Å². The molecule has 0 saturated carbocycles. The minimum Gasteiger partial charge on any atom is -0.478 e. The first-order valence-electron chi connectivity index (χ1n) is 5.03. The van der Waals surface area contributed by atoms with Crippen molar-refractivity contribution < 1.29 is 9.90 Å². The van der Waals surface area contributed by atoms with Crippen LogP contribution in [0.2, 0.25) is 5.02 Å². The fourth-order valence-electron chi connectivity index (χ4n) is 1.64. The van der Waals surface area contributed by atoms with E-state index in [1.165, 1.54) is 6.20 Å². The van der Waals surface area contributed by atoms with Gasteiger partial charge in [-0.25, -0.2) is 4.79 Å². The van der Waals surface area contributed by atoms with Gasteiger partial charge >= 0.3 is 5.97 Å². The molecule has 0 amide bonds. The molecule has 0 radical (unpaired) electrons. The zero-order valence-electron chi connectivity index (χ0n) is 9.14. The van der Waals surface area contributed by atoms with Crippen molar-refractivity contribution in [1.29, 1.82) is 0 Å². The van der Waals surface area contributed by atoms with E-state index in [1.54, 1.807) is 12.3 Å². The van der Waals surface area contributed by atoms with E-state index in [9.17, 15) is 4.79 Å². The maximum absolute atomic E-state index is 11.1. The lowest BCUT2D eigenvalue weighted by Gasteiger charge is -2.08. The van der Waals surface area contributed by atoms with Gasteiger partial charge in [0.25, 0.3) is 0 Å². The largest absolute Gasteiger partial charge is 0.478 e. The Labute approximate surface area is 104 Å². The first kappa shape index (κ1) is 11.6. The highest BCUT2D eigenvalue weighted by molar-refractivity contribution is 6.33. The molecule has 17 heavy (non-hydrogen) atoms. The van der Waals surface area contributed by atoms with Gasteiger partial charge in [-0.3, -0.25) is 4.98 Å². The molecule has 0 unspecified atom stereocenters. The molecule has 0 aliphatic carbocycles. The van der Waals surface area contributed by atoms with Gasteiger partial charge in [0.05, 0.1) is 5.56 Å². The maximum Gasteiger partial charge on any atom is 0.337 e. The van der Waals surface area contributed by atoms with Gasteiger partial charge in [-0.1, -0.05) is 23.7 Å². The molecule has 0 bridgehead atoms. The van der Waals surface area contributed by atoms with Crippen LogP contribution in [0, 0.1) is 6.92 Å². The zero-order valence-corrected chi connectivity index (χ0v) is 9.90. The van der Waals surface area contributed by atoms with Gasteiger partial charge in [-0.2, -0.15) is 0 Å². The lowest BCUT2D eigenvalue weighted by Crippen LogP contribution is -2.00. The lowest BCUT2D eigenvalue weighted by molar-refractivity contribution is 0.0697. The Morgan fingerprint density at radius 1 is 1.29 bits per heavy atom. The summed E-state index contributed by atoms with van der Waals surface area (Å²) in [5.41, 5.74) is 2.47. The Hall–Kier alpha value is -1.87. The Balaban J connectivity index is 2.64. The molecule has 1 N–H and O–H groups in total. The summed E-state index contributed by atoms with van der Waals surface area (Å²) in [7, 11) is 0. The lowest BCUT2D eigenvalue weighted by atomic mass is 10.0. The maximum atomic E-state index is 11.1. The van der Waals surface area contributed by atoms with Crippen molar-refractivity contribution in [3.8, 4) is 11.1 Å². The average Bonchev–Trinajstić information content (AvgIpc) is 2.29. The highest BCUT2D eigenvalue weighted by atomic mass is 35.5. The quantitative estimate of drug-likeness (QED) is 0.885. The highest BCUT2D eigenvalue weighted by Crippen LogP contribution is 2.30. The SMILES string of the molecule is Cc1ccc(-c2ccncc2C(=O)O)c(Cl)c1. The molecule has 1 heterocycles. The number of carbonyl (C=O) groups is 1. The molecule has 1 aromatic heterocycles. The van der Waals surface area contributed by atoms with Crippen molar-refractivity contribution in [2.24, 2.45) is 0 Å². The van der Waals surface area contributed by atoms with E-state index in [2.05, 4.69) is 4.98 Å². The summed E-state index contributed by atoms with van der Waals surface area (Å²) >= 11 is 6.13. The van der Waals surface area contributed by atoms with Crippen molar-refractivity contribution in [2.75, 3.05) is 0 Å². The van der Waals surface area contributed by atoms with Crippen LogP contribution in [0.5, 0.6) is 0 Å². The van der Waals surface area contributed by atoms with Gasteiger partial charge in [0.15, 0.2) is 0 Å². The van der Waals surface area contributed by atoms with Crippen molar-refractivity contribution in [2.45, 2.75) is 6.92 Å². The number of carboxylic acids is 1. The van der Waals surface area contributed by atoms with Gasteiger partial charge in [0.2, 0.25) is 0 Å². The second-order valence-corrected chi connectivity index (χ2v) is 4.12. The van der Waals surface area contributed by atoms with Crippen LogP contribution in [0.1, 0.15) is 15.9 Å². The molecule has 0 saturated heterocycles. The van der Waals surface area contributed by atoms with Crippen molar-refractivity contribution in [1.82, 2.24) is 4.98 Å². The number of aromatic carboxylic acids is 1. The summed E-state index contributed by atoms with van der Waals surface area (Å²) in [5, 5.41) is 9.63. The molecule has 0 atom stereocenters. The van der Waals surface area contributed by atoms with E-state index in [-0.39, 0.29) is 5.56 Å². The van der Waals surface area contributed by atoms with Crippen LogP contribution in [0.3, 0.4) is 0 Å². The highest BCUT2D eigenvalue weighted by Gasteiger charge is 2.13. The van der Waals surface area contributed by atoms with Crippen molar-refractivity contribution >= 4 is 17.6 Å². The normalized spacial score (nSPS) is 10.2. The zero-order chi connectivity index (χ0) is 12.4. The molecule has 0 fully saturated rings. The minimum absolute atomic E-state index is 0.151. The number of carboxylic acid groups (broad SMARTS) is 1. The number of pyridine rings is 1. The molecule has 2 rings (SSSR count). The molecule has 0 aliphatic rings. The smallest absolute Gasteiger partial charge is 0.337 e. The first-order chi connectivity index (χ1) is 8.09. The molecule has 86 valence electrons. The van der Waals surface area contributed by atoms with Gasteiger partial charge in [0, 0.05) is 28.5 Å². The molecule has 0 aliphatic heterocycles. The molecule has 2 aromatic rings. The third-order valence-corrected chi connectivity index (χ3v) is 2.78. The summed E-state index contributed by atoms with van der Waals surface area (Å²) in [6.07, 6.45) is 2.88. The summed E-state index contributed by atoms with van der Waals surface area (Å²) in [5.74, 6) is -1.01. The third kappa shape index (κ3) is 2.29. The predicted octanol–water partition coefficient (Wildman–Crippen LogP) is 3.41. The van der Waals surface area contributed by atoms with E-state index in [0.717, 1.165) is 5.56 Å². The Morgan fingerprint density at radius 3 is 2.71 bits per heavy atom. The molecule has 4 heteroatoms. The van der Waals surface area contributed by atoms with Crippen LogP contribution in [-0.4, -0.2) is 16.1 Å². The third-order valence-electron chi connectivity index (χ3n) is 2.47. The first-order valence-corrected chi connectivity index (χ1v) is 5.41. The van der Waals surface area contributed by atoms with Crippen LogP contribution >= 0.6 is 11.6 Å². The van der Waals surface area contributed by atoms with Crippen LogP contribution in [-0.2, 0) is 0 Å². The number of aromatic nitrogens is 1. The van der Waals surface area contributed by atoms with Gasteiger partial charge in [0.1, 0.15) is 0 Å². The van der Waals surface area contributed by atoms with Gasteiger partial charge < -0.3 is 5.11 Å². The second kappa shape index (κ2) is 4.55. The molecule has 1 aromatic carbocycles. The number of hydrogen-bond donors (Lipinski definition) is 1. The van der Waals surface area contributed by atoms with Crippen molar-refractivity contribution in [3.63, 3.8) is 0 Å². The van der Waals surface area contributed by atoms with Crippen LogP contribution < -0.4 is 0 Å². The summed E-state index contributed by atoms with van der Waals surface area (Å²) in [6, 6.07) is 7.18. The average molecular weight is 248 g/mol. The minimum atomic E-state index is -1.01. The fourth-order valence-corrected chi connectivity index (χ4v) is 1.98. The predicted molar refractivity (Wildman–Crippen MR) is 66.4 cm³/mol. The Bertz CT molecular complexity index is 581. The van der Waals surface area contributed by atoms with Gasteiger partial charge in [-0.15, -0.1) is 0 Å². The fraction of sp³-hybridized carbons (Fsp3) is 0.0769. The number of hydrogen-bond acceptors (Lipinski definition) is 2. The number of aryl methyl sites for hydroxylation is 1. The molecule has 3 nitrogen and oxygen atoms in total. The molecule has 0 spiro atoms. The van der Waals surface area contributed by atoms with E-state index < -0.39 is 5.97 Å². The summed E-state index contributed by atoms with van der Waals surface area (Å²) in [4.78, 5) is 14.9. The standard InChI is InChI=1S/C13H10ClNO2/c1-8-2-3-10(12(14)6-8)9-4-5-15-7-11(9)13(16)17/h2-7H,1H3,(H,16,17). The van der Waals surface area contributed by atoms with E-state index in [0.29, 0.717) is 16.1 Å². The monoisotopic (exact) mass is 247 g/mol. The number of benzene rings is 1.